The van der Waals surface area contributed by atoms with Crippen LogP contribution in [0.5, 0.6) is 0 Å². The first kappa shape index (κ1) is 18.5. The van der Waals surface area contributed by atoms with Crippen LogP contribution in [0.2, 0.25) is 0 Å². The Labute approximate surface area is 159 Å². The lowest BCUT2D eigenvalue weighted by Gasteiger charge is -2.15. The molecule has 0 radical (unpaired) electrons. The summed E-state index contributed by atoms with van der Waals surface area (Å²) in [7, 11) is 3.45. The van der Waals surface area contributed by atoms with Crippen molar-refractivity contribution in [1.29, 1.82) is 0 Å². The monoisotopic (exact) mass is 358 g/mol. The van der Waals surface area contributed by atoms with Crippen LogP contribution >= 0.6 is 0 Å². The first-order valence-electron chi connectivity index (χ1n) is 8.74. The number of rotatable bonds is 4. The summed E-state index contributed by atoms with van der Waals surface area (Å²) in [6, 6.07) is 19.8. The minimum Gasteiger partial charge on any atom is -0.345 e. The fourth-order valence-corrected chi connectivity index (χ4v) is 2.75. The minimum atomic E-state index is -0.135. The number of benzene rings is 2. The Balaban J connectivity index is 2.25. The van der Waals surface area contributed by atoms with Crippen LogP contribution in [-0.2, 0) is 0 Å². The number of hydrogen-bond acceptors (Lipinski definition) is 4. The van der Waals surface area contributed by atoms with Crippen molar-refractivity contribution in [2.24, 2.45) is 4.99 Å². The molecule has 5 heteroatoms. The van der Waals surface area contributed by atoms with Crippen LogP contribution in [0.25, 0.3) is 0 Å². The third-order valence-electron chi connectivity index (χ3n) is 4.37. The summed E-state index contributed by atoms with van der Waals surface area (Å²) in [4.78, 5) is 19.1. The summed E-state index contributed by atoms with van der Waals surface area (Å²) in [6.07, 6.45) is 0. The molecular formula is C22H22N4O. The van der Waals surface area contributed by atoms with Crippen LogP contribution in [0.15, 0.2) is 65.7 Å². The molecule has 0 aliphatic carbocycles. The molecule has 1 amide bonds. The number of nitrogens with zero attached hydrogens (tertiary/aromatic N) is 4. The van der Waals surface area contributed by atoms with E-state index in [0.29, 0.717) is 11.4 Å². The molecule has 1 heterocycles. The standard InChI is InChI=1S/C22H22N4O/c1-15-16(2)24-25-21(19(15)22(27)26(3)4)23-20(17-11-7-5-8-12-17)18-13-9-6-10-14-18/h5-14H,1-4H3. The molecule has 2 aromatic carbocycles. The maximum atomic E-state index is 12.8. The Kier molecular flexibility index (Phi) is 5.41. The number of aryl methyl sites for hydroxylation is 1. The number of carbonyl (C=O) groups excluding carboxylic acids is 1. The highest BCUT2D eigenvalue weighted by molar-refractivity contribution is 6.14. The second-order valence-corrected chi connectivity index (χ2v) is 6.50. The van der Waals surface area contributed by atoms with Gasteiger partial charge in [0.15, 0.2) is 5.82 Å². The Morgan fingerprint density at radius 1 is 0.852 bits per heavy atom. The molecule has 3 aromatic rings. The van der Waals surface area contributed by atoms with Crippen molar-refractivity contribution in [3.05, 3.63) is 88.6 Å². The quantitative estimate of drug-likeness (QED) is 0.663. The number of hydrogen-bond donors (Lipinski definition) is 0. The highest BCUT2D eigenvalue weighted by atomic mass is 16.2. The van der Waals surface area contributed by atoms with Gasteiger partial charge in [0.05, 0.1) is 17.0 Å². The lowest BCUT2D eigenvalue weighted by atomic mass is 10.0. The van der Waals surface area contributed by atoms with E-state index in [0.717, 1.165) is 28.1 Å². The summed E-state index contributed by atoms with van der Waals surface area (Å²) in [6.45, 7) is 3.72. The second kappa shape index (κ2) is 7.91. The molecule has 136 valence electrons. The molecule has 0 aliphatic rings. The van der Waals surface area contributed by atoms with Crippen molar-refractivity contribution in [2.45, 2.75) is 13.8 Å². The molecule has 3 rings (SSSR count). The molecule has 0 unspecified atom stereocenters. The van der Waals surface area contributed by atoms with Crippen LogP contribution in [0.3, 0.4) is 0 Å². The smallest absolute Gasteiger partial charge is 0.257 e. The van der Waals surface area contributed by atoms with Crippen molar-refractivity contribution in [3.63, 3.8) is 0 Å². The molecule has 1 aromatic heterocycles. The summed E-state index contributed by atoms with van der Waals surface area (Å²) < 4.78 is 0. The summed E-state index contributed by atoms with van der Waals surface area (Å²) in [5.74, 6) is 0.198. The van der Waals surface area contributed by atoms with Gasteiger partial charge in [0, 0.05) is 25.2 Å². The van der Waals surface area contributed by atoms with E-state index in [9.17, 15) is 4.79 Å². The first-order chi connectivity index (χ1) is 13.0. The van der Waals surface area contributed by atoms with Crippen LogP contribution in [-0.4, -0.2) is 40.8 Å². The van der Waals surface area contributed by atoms with Crippen molar-refractivity contribution in [3.8, 4) is 0 Å². The van der Waals surface area contributed by atoms with Gasteiger partial charge in [0.25, 0.3) is 5.91 Å². The zero-order valence-corrected chi connectivity index (χ0v) is 16.0. The molecule has 0 N–H and O–H groups in total. The molecule has 5 nitrogen and oxygen atoms in total. The van der Waals surface area contributed by atoms with Crippen LogP contribution in [0, 0.1) is 13.8 Å². The zero-order chi connectivity index (χ0) is 19.4. The van der Waals surface area contributed by atoms with E-state index in [1.165, 1.54) is 4.90 Å². The molecule has 0 saturated heterocycles. The van der Waals surface area contributed by atoms with Gasteiger partial charge in [0.1, 0.15) is 0 Å². The minimum absolute atomic E-state index is 0.135. The Hall–Kier alpha value is -3.34. The number of aromatic nitrogens is 2. The highest BCUT2D eigenvalue weighted by Crippen LogP contribution is 2.24. The maximum Gasteiger partial charge on any atom is 0.257 e. The number of aliphatic imine (C=N–C) groups is 1. The predicted octanol–water partition coefficient (Wildman–Crippen LogP) is 3.96. The topological polar surface area (TPSA) is 58.5 Å². The van der Waals surface area contributed by atoms with E-state index in [2.05, 4.69) is 10.2 Å². The Morgan fingerprint density at radius 2 is 1.37 bits per heavy atom. The summed E-state index contributed by atoms with van der Waals surface area (Å²) >= 11 is 0. The molecular weight excluding hydrogens is 336 g/mol. The molecule has 0 fully saturated rings. The van der Waals surface area contributed by atoms with Gasteiger partial charge in [-0.3, -0.25) is 4.79 Å². The summed E-state index contributed by atoms with van der Waals surface area (Å²) in [5.41, 5.74) is 4.65. The molecule has 0 saturated carbocycles. The van der Waals surface area contributed by atoms with Gasteiger partial charge in [-0.05, 0) is 19.4 Å². The van der Waals surface area contributed by atoms with E-state index in [-0.39, 0.29) is 5.91 Å². The number of amides is 1. The maximum absolute atomic E-state index is 12.8. The van der Waals surface area contributed by atoms with Gasteiger partial charge in [0.2, 0.25) is 0 Å². The third kappa shape index (κ3) is 3.92. The van der Waals surface area contributed by atoms with E-state index >= 15 is 0 Å². The molecule has 0 atom stereocenters. The predicted molar refractivity (Wildman–Crippen MR) is 108 cm³/mol. The van der Waals surface area contributed by atoms with Gasteiger partial charge in [-0.15, -0.1) is 5.10 Å². The van der Waals surface area contributed by atoms with Crippen LogP contribution < -0.4 is 0 Å². The third-order valence-corrected chi connectivity index (χ3v) is 4.37. The molecule has 0 bridgehead atoms. The lowest BCUT2D eigenvalue weighted by molar-refractivity contribution is 0.0827. The number of carbonyl (C=O) groups is 1. The average molecular weight is 358 g/mol. The highest BCUT2D eigenvalue weighted by Gasteiger charge is 2.21. The van der Waals surface area contributed by atoms with Crippen molar-refractivity contribution < 1.29 is 4.79 Å². The van der Waals surface area contributed by atoms with Crippen LogP contribution in [0.4, 0.5) is 5.82 Å². The Morgan fingerprint density at radius 3 is 1.85 bits per heavy atom. The van der Waals surface area contributed by atoms with E-state index < -0.39 is 0 Å². The molecule has 0 aliphatic heterocycles. The fraction of sp³-hybridized carbons (Fsp3) is 0.182. The second-order valence-electron chi connectivity index (χ2n) is 6.50. The van der Waals surface area contributed by atoms with Gasteiger partial charge < -0.3 is 4.90 Å². The largest absolute Gasteiger partial charge is 0.345 e. The van der Waals surface area contributed by atoms with E-state index in [1.54, 1.807) is 14.1 Å². The van der Waals surface area contributed by atoms with Crippen LogP contribution in [0.1, 0.15) is 32.7 Å². The van der Waals surface area contributed by atoms with Gasteiger partial charge in [-0.1, -0.05) is 60.7 Å². The normalized spacial score (nSPS) is 10.4. The SMILES string of the molecule is Cc1nnc(N=C(c2ccccc2)c2ccccc2)c(C(=O)N(C)C)c1C. The van der Waals surface area contributed by atoms with Gasteiger partial charge in [-0.25, -0.2) is 4.99 Å². The van der Waals surface area contributed by atoms with E-state index in [4.69, 9.17) is 4.99 Å². The fourth-order valence-electron chi connectivity index (χ4n) is 2.75. The van der Waals surface area contributed by atoms with Crippen molar-refractivity contribution >= 4 is 17.4 Å². The van der Waals surface area contributed by atoms with Crippen molar-refractivity contribution in [1.82, 2.24) is 15.1 Å². The summed E-state index contributed by atoms with van der Waals surface area (Å²) in [5, 5.41) is 8.44. The van der Waals surface area contributed by atoms with Crippen molar-refractivity contribution in [2.75, 3.05) is 14.1 Å². The average Bonchev–Trinajstić information content (AvgIpc) is 2.69. The molecule has 27 heavy (non-hydrogen) atoms. The van der Waals surface area contributed by atoms with Gasteiger partial charge in [-0.2, -0.15) is 5.10 Å². The first-order valence-corrected chi connectivity index (χ1v) is 8.74. The molecule has 0 spiro atoms. The Bertz CT molecular complexity index is 938. The van der Waals surface area contributed by atoms with Gasteiger partial charge >= 0.3 is 0 Å². The lowest BCUT2D eigenvalue weighted by Crippen LogP contribution is -2.24. The van der Waals surface area contributed by atoms with E-state index in [1.807, 2.05) is 74.5 Å². The zero-order valence-electron chi connectivity index (χ0n) is 16.0.